The summed E-state index contributed by atoms with van der Waals surface area (Å²) >= 11 is 5.91. The van der Waals surface area contributed by atoms with E-state index in [-0.39, 0.29) is 0 Å². The lowest BCUT2D eigenvalue weighted by atomic mass is 10.1. The molecule has 0 amide bonds. The van der Waals surface area contributed by atoms with Crippen molar-refractivity contribution in [3.05, 3.63) is 35.0 Å². The van der Waals surface area contributed by atoms with Crippen molar-refractivity contribution in [1.29, 1.82) is 0 Å². The molecule has 0 aliphatic heterocycles. The predicted molar refractivity (Wildman–Crippen MR) is 62.7 cm³/mol. The summed E-state index contributed by atoms with van der Waals surface area (Å²) in [6.07, 6.45) is 1.24. The van der Waals surface area contributed by atoms with Crippen molar-refractivity contribution >= 4 is 28.7 Å². The molecule has 1 N–H and O–H groups in total. The first-order valence-electron chi connectivity index (χ1n) is 4.56. The summed E-state index contributed by atoms with van der Waals surface area (Å²) in [5.41, 5.74) is 1.32. The van der Waals surface area contributed by atoms with Crippen LogP contribution >= 0.6 is 11.6 Å². The Morgan fingerprint density at radius 3 is 2.94 bits per heavy atom. The molecule has 0 spiro atoms. The predicted octanol–water partition coefficient (Wildman–Crippen LogP) is 2.70. The first-order valence-corrected chi connectivity index (χ1v) is 4.94. The Hall–Kier alpha value is -1.81. The second-order valence-corrected chi connectivity index (χ2v) is 3.53. The second-order valence-electron chi connectivity index (χ2n) is 3.17. The average Bonchev–Trinajstić information content (AvgIpc) is 2.30. The van der Waals surface area contributed by atoms with Gasteiger partial charge in [0, 0.05) is 10.9 Å². The van der Waals surface area contributed by atoms with Gasteiger partial charge in [0.25, 0.3) is 0 Å². The third-order valence-corrected chi connectivity index (χ3v) is 2.50. The number of hydrogen-bond acceptors (Lipinski definition) is 4. The summed E-state index contributed by atoms with van der Waals surface area (Å²) in [6, 6.07) is 7.26. The lowest BCUT2D eigenvalue weighted by Gasteiger charge is -2.04. The van der Waals surface area contributed by atoms with E-state index in [0.29, 0.717) is 10.7 Å². The van der Waals surface area contributed by atoms with Crippen molar-refractivity contribution < 1.29 is 9.94 Å². The van der Waals surface area contributed by atoms with E-state index in [1.807, 2.05) is 18.2 Å². The Labute approximate surface area is 97.1 Å². The fourth-order valence-corrected chi connectivity index (χ4v) is 1.62. The SMILES string of the molecule is COc1ccc2nc(Cl)c(/C=N/O)cc2c1. The monoisotopic (exact) mass is 236 g/mol. The normalized spacial score (nSPS) is 11.1. The number of nitrogens with zero attached hydrogens (tertiary/aromatic N) is 2. The molecule has 1 heterocycles. The van der Waals surface area contributed by atoms with Crippen LogP contribution in [-0.4, -0.2) is 23.5 Å². The molecule has 0 saturated heterocycles. The highest BCUT2D eigenvalue weighted by Gasteiger charge is 2.04. The van der Waals surface area contributed by atoms with Crippen molar-refractivity contribution in [3.8, 4) is 5.75 Å². The minimum Gasteiger partial charge on any atom is -0.497 e. The minimum absolute atomic E-state index is 0.301. The van der Waals surface area contributed by atoms with Gasteiger partial charge >= 0.3 is 0 Å². The van der Waals surface area contributed by atoms with E-state index >= 15 is 0 Å². The van der Waals surface area contributed by atoms with Crippen LogP contribution in [0.1, 0.15) is 5.56 Å². The van der Waals surface area contributed by atoms with Crippen LogP contribution in [0.4, 0.5) is 0 Å². The smallest absolute Gasteiger partial charge is 0.138 e. The van der Waals surface area contributed by atoms with Crippen LogP contribution in [0.25, 0.3) is 10.9 Å². The number of fused-ring (bicyclic) bond motifs is 1. The second kappa shape index (κ2) is 4.37. The van der Waals surface area contributed by atoms with Crippen LogP contribution in [0.5, 0.6) is 5.75 Å². The lowest BCUT2D eigenvalue weighted by Crippen LogP contribution is -1.90. The summed E-state index contributed by atoms with van der Waals surface area (Å²) < 4.78 is 5.11. The van der Waals surface area contributed by atoms with Gasteiger partial charge in [-0.15, -0.1) is 0 Å². The van der Waals surface area contributed by atoms with Crippen molar-refractivity contribution in [3.63, 3.8) is 0 Å². The molecule has 0 aliphatic rings. The molecule has 2 rings (SSSR count). The standard InChI is InChI=1S/C11H9ClN2O2/c1-16-9-2-3-10-7(5-9)4-8(6-13-15)11(12)14-10/h2-6,15H,1H3/b13-6+. The highest BCUT2D eigenvalue weighted by molar-refractivity contribution is 6.32. The third-order valence-electron chi connectivity index (χ3n) is 2.20. The quantitative estimate of drug-likeness (QED) is 0.378. The Bertz CT molecular complexity index is 555. The maximum absolute atomic E-state index is 8.48. The summed E-state index contributed by atoms with van der Waals surface area (Å²) in [5, 5.41) is 12.6. The molecular weight excluding hydrogens is 228 g/mol. The number of pyridine rings is 1. The maximum Gasteiger partial charge on any atom is 0.138 e. The van der Waals surface area contributed by atoms with Crippen LogP contribution in [0, 0.1) is 0 Å². The Kier molecular flexibility index (Phi) is 2.92. The van der Waals surface area contributed by atoms with Gasteiger partial charge in [0.15, 0.2) is 0 Å². The topological polar surface area (TPSA) is 54.7 Å². The third kappa shape index (κ3) is 1.92. The van der Waals surface area contributed by atoms with Gasteiger partial charge in [0.1, 0.15) is 10.9 Å². The molecule has 1 aromatic carbocycles. The van der Waals surface area contributed by atoms with E-state index in [1.54, 1.807) is 13.2 Å². The van der Waals surface area contributed by atoms with E-state index in [1.165, 1.54) is 6.21 Å². The fourth-order valence-electron chi connectivity index (χ4n) is 1.43. The molecule has 1 aromatic heterocycles. The molecule has 0 fully saturated rings. The van der Waals surface area contributed by atoms with E-state index < -0.39 is 0 Å². The van der Waals surface area contributed by atoms with E-state index in [2.05, 4.69) is 10.1 Å². The summed E-state index contributed by atoms with van der Waals surface area (Å²) in [7, 11) is 1.60. The number of rotatable bonds is 2. The van der Waals surface area contributed by atoms with Crippen LogP contribution in [0.3, 0.4) is 0 Å². The lowest BCUT2D eigenvalue weighted by molar-refractivity contribution is 0.322. The number of methoxy groups -OCH3 is 1. The zero-order chi connectivity index (χ0) is 11.5. The molecule has 0 atom stereocenters. The maximum atomic E-state index is 8.48. The van der Waals surface area contributed by atoms with Gasteiger partial charge in [-0.25, -0.2) is 4.98 Å². The van der Waals surface area contributed by atoms with Gasteiger partial charge in [-0.1, -0.05) is 16.8 Å². The fraction of sp³-hybridized carbons (Fsp3) is 0.0909. The molecule has 0 unspecified atom stereocenters. The number of ether oxygens (including phenoxy) is 1. The van der Waals surface area contributed by atoms with Gasteiger partial charge in [-0.2, -0.15) is 0 Å². The van der Waals surface area contributed by atoms with E-state index in [0.717, 1.165) is 16.7 Å². The Morgan fingerprint density at radius 2 is 2.25 bits per heavy atom. The first kappa shape index (κ1) is 10.7. The van der Waals surface area contributed by atoms with Crippen molar-refractivity contribution in [2.45, 2.75) is 0 Å². The van der Waals surface area contributed by atoms with Crippen molar-refractivity contribution in [1.82, 2.24) is 4.98 Å². The number of halogens is 1. The number of oxime groups is 1. The molecule has 0 radical (unpaired) electrons. The molecule has 5 heteroatoms. The Balaban J connectivity index is 2.65. The summed E-state index contributed by atoms with van der Waals surface area (Å²) in [4.78, 5) is 4.18. The van der Waals surface area contributed by atoms with Crippen LogP contribution in [-0.2, 0) is 0 Å². The molecule has 2 aromatic rings. The van der Waals surface area contributed by atoms with Gasteiger partial charge in [0.2, 0.25) is 0 Å². The van der Waals surface area contributed by atoms with Crippen LogP contribution in [0.2, 0.25) is 5.15 Å². The molecule has 82 valence electrons. The molecule has 0 aliphatic carbocycles. The first-order chi connectivity index (χ1) is 7.74. The number of aromatic nitrogens is 1. The Morgan fingerprint density at radius 1 is 1.44 bits per heavy atom. The summed E-state index contributed by atoms with van der Waals surface area (Å²) in [5.74, 6) is 0.739. The number of benzene rings is 1. The van der Waals surface area contributed by atoms with Gasteiger partial charge in [-0.05, 0) is 24.3 Å². The van der Waals surface area contributed by atoms with Crippen LogP contribution in [0.15, 0.2) is 29.4 Å². The van der Waals surface area contributed by atoms with Crippen molar-refractivity contribution in [2.75, 3.05) is 7.11 Å². The van der Waals surface area contributed by atoms with Crippen LogP contribution < -0.4 is 4.74 Å². The highest BCUT2D eigenvalue weighted by atomic mass is 35.5. The summed E-state index contributed by atoms with van der Waals surface area (Å²) in [6.45, 7) is 0. The molecule has 0 saturated carbocycles. The van der Waals surface area contributed by atoms with Gasteiger partial charge in [-0.3, -0.25) is 0 Å². The minimum atomic E-state index is 0.301. The zero-order valence-electron chi connectivity index (χ0n) is 8.51. The highest BCUT2D eigenvalue weighted by Crippen LogP contribution is 2.23. The average molecular weight is 237 g/mol. The van der Waals surface area contributed by atoms with E-state index in [4.69, 9.17) is 21.5 Å². The molecule has 4 nitrogen and oxygen atoms in total. The molecule has 0 bridgehead atoms. The van der Waals surface area contributed by atoms with E-state index in [9.17, 15) is 0 Å². The van der Waals surface area contributed by atoms with Gasteiger partial charge in [0.05, 0.1) is 18.8 Å². The molecular formula is C11H9ClN2O2. The zero-order valence-corrected chi connectivity index (χ0v) is 9.27. The largest absolute Gasteiger partial charge is 0.497 e. The molecule has 16 heavy (non-hydrogen) atoms. The van der Waals surface area contributed by atoms with Crippen molar-refractivity contribution in [2.24, 2.45) is 5.16 Å². The van der Waals surface area contributed by atoms with Gasteiger partial charge < -0.3 is 9.94 Å². The number of hydrogen-bond donors (Lipinski definition) is 1.